The van der Waals surface area contributed by atoms with Crippen LogP contribution in [0.15, 0.2) is 82.0 Å². The zero-order valence-corrected chi connectivity index (χ0v) is 20.2. The summed E-state index contributed by atoms with van der Waals surface area (Å²) >= 11 is 9.33. The minimum absolute atomic E-state index is 0.0158. The van der Waals surface area contributed by atoms with Gasteiger partial charge in [-0.25, -0.2) is 0 Å². The molecule has 0 bridgehead atoms. The lowest BCUT2D eigenvalue weighted by atomic mass is 9.96. The van der Waals surface area contributed by atoms with E-state index in [1.165, 1.54) is 17.0 Å². The number of furan rings is 1. The van der Waals surface area contributed by atoms with E-state index in [-0.39, 0.29) is 12.1 Å². The molecule has 0 saturated carbocycles. The minimum atomic E-state index is -0.0578. The van der Waals surface area contributed by atoms with Crippen LogP contribution in [0.4, 0.5) is 0 Å². The van der Waals surface area contributed by atoms with Crippen LogP contribution < -0.4 is 5.32 Å². The monoisotopic (exact) mass is 506 g/mol. The molecule has 1 aliphatic rings. The molecule has 3 aromatic heterocycles. The number of aromatic nitrogens is 2. The number of thiocarbonyl (C=S) groups is 1. The number of nitrogens with zero attached hydrogens (tertiary/aromatic N) is 3. The normalized spacial score (nSPS) is 18.2. The fourth-order valence-corrected chi connectivity index (χ4v) is 5.13. The summed E-state index contributed by atoms with van der Waals surface area (Å²) in [6.07, 6.45) is 3.53. The second-order valence-electron chi connectivity index (χ2n) is 7.97. The van der Waals surface area contributed by atoms with Crippen LogP contribution in [0.2, 0.25) is 0 Å². The molecule has 0 radical (unpaired) electrons. The highest BCUT2D eigenvalue weighted by atomic mass is 79.9. The van der Waals surface area contributed by atoms with E-state index in [2.05, 4.69) is 85.9 Å². The maximum atomic E-state index is 5.79. The largest absolute Gasteiger partial charge is 0.467 e. The molecule has 5 nitrogen and oxygen atoms in total. The summed E-state index contributed by atoms with van der Waals surface area (Å²) in [5, 5.41) is 4.23. The molecular weight excluding hydrogens is 484 g/mol. The van der Waals surface area contributed by atoms with Gasteiger partial charge in [0.2, 0.25) is 0 Å². The molecule has 0 spiro atoms. The third-order valence-corrected chi connectivity index (χ3v) is 6.86. The number of hydrogen-bond acceptors (Lipinski definition) is 3. The fourth-order valence-electron chi connectivity index (χ4n) is 4.56. The molecule has 4 aromatic rings. The summed E-state index contributed by atoms with van der Waals surface area (Å²) in [6.45, 7) is 4.91. The van der Waals surface area contributed by atoms with Crippen molar-refractivity contribution >= 4 is 33.3 Å². The molecule has 1 fully saturated rings. The predicted octanol–water partition coefficient (Wildman–Crippen LogP) is 6.02. The maximum absolute atomic E-state index is 5.79. The van der Waals surface area contributed by atoms with Crippen molar-refractivity contribution in [2.45, 2.75) is 32.5 Å². The highest BCUT2D eigenvalue weighted by Gasteiger charge is 2.41. The third-order valence-electron chi connectivity index (χ3n) is 5.98. The van der Waals surface area contributed by atoms with Gasteiger partial charge in [-0.05, 0) is 86.2 Å². The van der Waals surface area contributed by atoms with Crippen LogP contribution in [0.1, 0.15) is 40.5 Å². The van der Waals surface area contributed by atoms with Gasteiger partial charge in [-0.1, -0.05) is 22.0 Å². The fraction of sp³-hybridized carbons (Fsp3) is 0.200. The van der Waals surface area contributed by atoms with Crippen molar-refractivity contribution in [1.82, 2.24) is 19.8 Å². The molecule has 162 valence electrons. The molecule has 0 aliphatic carbocycles. The third kappa shape index (κ3) is 3.76. The van der Waals surface area contributed by atoms with Gasteiger partial charge < -0.3 is 19.2 Å². The summed E-state index contributed by atoms with van der Waals surface area (Å²) in [5.74, 6) is 0.877. The SMILES string of the molecule is Cc1cc(C2C(c3ccccn3)NC(=S)N2Cc2ccco2)c(C)n1-c1ccc(Br)cc1. The van der Waals surface area contributed by atoms with E-state index in [0.29, 0.717) is 11.7 Å². The smallest absolute Gasteiger partial charge is 0.170 e. The predicted molar refractivity (Wildman–Crippen MR) is 133 cm³/mol. The van der Waals surface area contributed by atoms with Gasteiger partial charge in [0.25, 0.3) is 0 Å². The van der Waals surface area contributed by atoms with Gasteiger partial charge in [-0.15, -0.1) is 0 Å². The molecule has 2 atom stereocenters. The Morgan fingerprint density at radius 2 is 1.91 bits per heavy atom. The molecule has 5 rings (SSSR count). The molecule has 1 N–H and O–H groups in total. The second kappa shape index (κ2) is 8.56. The van der Waals surface area contributed by atoms with Crippen LogP contribution in [0.3, 0.4) is 0 Å². The molecule has 32 heavy (non-hydrogen) atoms. The Labute approximate surface area is 201 Å². The summed E-state index contributed by atoms with van der Waals surface area (Å²) in [6, 6.07) is 20.5. The van der Waals surface area contributed by atoms with Crippen molar-refractivity contribution in [3.63, 3.8) is 0 Å². The van der Waals surface area contributed by atoms with Crippen LogP contribution in [0.5, 0.6) is 0 Å². The van der Waals surface area contributed by atoms with Crippen molar-refractivity contribution in [2.75, 3.05) is 0 Å². The summed E-state index contributed by atoms with van der Waals surface area (Å²) in [4.78, 5) is 6.85. The Hall–Kier alpha value is -2.90. The highest BCUT2D eigenvalue weighted by Crippen LogP contribution is 2.42. The van der Waals surface area contributed by atoms with Gasteiger partial charge in [-0.3, -0.25) is 4.98 Å². The van der Waals surface area contributed by atoms with Gasteiger partial charge >= 0.3 is 0 Å². The van der Waals surface area contributed by atoms with E-state index >= 15 is 0 Å². The van der Waals surface area contributed by atoms with Crippen LogP contribution in [0.25, 0.3) is 5.69 Å². The lowest BCUT2D eigenvalue weighted by Gasteiger charge is -2.27. The first-order valence-electron chi connectivity index (χ1n) is 10.5. The lowest BCUT2D eigenvalue weighted by molar-refractivity contribution is 0.286. The number of benzene rings is 1. The topological polar surface area (TPSA) is 46.2 Å². The van der Waals surface area contributed by atoms with E-state index < -0.39 is 0 Å². The number of nitrogens with one attached hydrogen (secondary N) is 1. The van der Waals surface area contributed by atoms with Crippen LogP contribution in [-0.4, -0.2) is 19.6 Å². The minimum Gasteiger partial charge on any atom is -0.467 e. The first-order valence-corrected chi connectivity index (χ1v) is 11.7. The van der Waals surface area contributed by atoms with E-state index in [9.17, 15) is 0 Å². The molecule has 1 saturated heterocycles. The van der Waals surface area contributed by atoms with Crippen LogP contribution in [0, 0.1) is 13.8 Å². The maximum Gasteiger partial charge on any atom is 0.170 e. The number of aryl methyl sites for hydroxylation is 1. The number of rotatable bonds is 5. The zero-order valence-electron chi connectivity index (χ0n) is 17.8. The van der Waals surface area contributed by atoms with Gasteiger partial charge in [0.05, 0.1) is 30.6 Å². The van der Waals surface area contributed by atoms with E-state index in [1.54, 1.807) is 6.26 Å². The molecule has 7 heteroatoms. The molecule has 4 heterocycles. The highest BCUT2D eigenvalue weighted by molar-refractivity contribution is 9.10. The van der Waals surface area contributed by atoms with Crippen molar-refractivity contribution in [1.29, 1.82) is 0 Å². The van der Waals surface area contributed by atoms with Crippen LogP contribution >= 0.6 is 28.1 Å². The summed E-state index contributed by atoms with van der Waals surface area (Å²) in [7, 11) is 0. The Kier molecular flexibility index (Phi) is 5.61. The van der Waals surface area contributed by atoms with Crippen molar-refractivity contribution < 1.29 is 4.42 Å². The molecule has 0 amide bonds. The van der Waals surface area contributed by atoms with Crippen molar-refractivity contribution in [2.24, 2.45) is 0 Å². The van der Waals surface area contributed by atoms with Gasteiger partial charge in [-0.2, -0.15) is 0 Å². The molecule has 2 unspecified atom stereocenters. The lowest BCUT2D eigenvalue weighted by Crippen LogP contribution is -2.29. The number of pyridine rings is 1. The van der Waals surface area contributed by atoms with Gasteiger partial charge in [0.15, 0.2) is 5.11 Å². The van der Waals surface area contributed by atoms with Crippen molar-refractivity contribution in [3.05, 3.63) is 106 Å². The van der Waals surface area contributed by atoms with Crippen LogP contribution in [-0.2, 0) is 6.54 Å². The zero-order chi connectivity index (χ0) is 22.2. The Morgan fingerprint density at radius 3 is 2.59 bits per heavy atom. The average Bonchev–Trinajstić information content (AvgIpc) is 3.49. The molecule has 1 aliphatic heterocycles. The summed E-state index contributed by atoms with van der Waals surface area (Å²) < 4.78 is 9.01. The van der Waals surface area contributed by atoms with Gasteiger partial charge in [0, 0.05) is 27.7 Å². The second-order valence-corrected chi connectivity index (χ2v) is 9.27. The average molecular weight is 507 g/mol. The Bertz CT molecular complexity index is 1240. The van der Waals surface area contributed by atoms with E-state index in [0.717, 1.165) is 21.6 Å². The quantitative estimate of drug-likeness (QED) is 0.335. The first kappa shape index (κ1) is 21.0. The van der Waals surface area contributed by atoms with E-state index in [4.69, 9.17) is 16.6 Å². The first-order chi connectivity index (χ1) is 15.5. The summed E-state index contributed by atoms with van der Waals surface area (Å²) in [5.41, 5.74) is 5.69. The number of hydrogen-bond donors (Lipinski definition) is 1. The Morgan fingerprint density at radius 1 is 1.09 bits per heavy atom. The molecular formula is C25H23BrN4OS. The van der Waals surface area contributed by atoms with Gasteiger partial charge in [0.1, 0.15) is 5.76 Å². The number of halogens is 1. The van der Waals surface area contributed by atoms with E-state index in [1.807, 2.05) is 30.5 Å². The standard InChI is InChI=1S/C25H23BrN4OS/c1-16-14-21(17(2)30(16)19-10-8-18(26)9-11-19)24-23(22-7-3-4-12-27-22)28-25(32)29(24)15-20-6-5-13-31-20/h3-14,23-24H,15H2,1-2H3,(H,28,32). The van der Waals surface area contributed by atoms with Crippen molar-refractivity contribution in [3.8, 4) is 5.69 Å². The Balaban J connectivity index is 1.62. The molecule has 1 aromatic carbocycles.